The van der Waals surface area contributed by atoms with Crippen LogP contribution < -0.4 is 4.90 Å². The topological polar surface area (TPSA) is 50.8 Å². The standard InChI is InChI=1S/C16H21N3/c1-16(2,13-18)9-4-5-10-19(3)15-8-6-7-14(11-15)12-17/h6-8,11H,4-5,9-10H2,1-3H3. The third-order valence-corrected chi connectivity index (χ3v) is 3.26. The number of rotatable bonds is 6. The minimum absolute atomic E-state index is 0.223. The molecule has 0 fully saturated rings. The second-order valence-corrected chi connectivity index (χ2v) is 5.54. The molecule has 0 heterocycles. The van der Waals surface area contributed by atoms with Crippen molar-refractivity contribution in [2.24, 2.45) is 5.41 Å². The summed E-state index contributed by atoms with van der Waals surface area (Å²) in [6.07, 6.45) is 3.02. The van der Waals surface area contributed by atoms with E-state index in [9.17, 15) is 0 Å². The predicted octanol–water partition coefficient (Wildman–Crippen LogP) is 3.71. The quantitative estimate of drug-likeness (QED) is 0.728. The molecule has 0 aliphatic heterocycles. The van der Waals surface area contributed by atoms with E-state index in [2.05, 4.69) is 17.0 Å². The van der Waals surface area contributed by atoms with E-state index in [1.807, 2.05) is 45.2 Å². The van der Waals surface area contributed by atoms with Gasteiger partial charge in [0.15, 0.2) is 0 Å². The number of nitrogens with zero attached hydrogens (tertiary/aromatic N) is 3. The van der Waals surface area contributed by atoms with Gasteiger partial charge < -0.3 is 4.90 Å². The van der Waals surface area contributed by atoms with E-state index in [1.54, 1.807) is 0 Å². The average molecular weight is 255 g/mol. The molecule has 0 aliphatic carbocycles. The van der Waals surface area contributed by atoms with Crippen molar-refractivity contribution in [3.8, 4) is 12.1 Å². The molecule has 100 valence electrons. The van der Waals surface area contributed by atoms with Crippen molar-refractivity contribution >= 4 is 5.69 Å². The van der Waals surface area contributed by atoms with Crippen LogP contribution in [0, 0.1) is 28.1 Å². The summed E-state index contributed by atoms with van der Waals surface area (Å²) >= 11 is 0. The van der Waals surface area contributed by atoms with E-state index in [0.717, 1.165) is 31.5 Å². The molecule has 1 aromatic carbocycles. The molecular formula is C16H21N3. The van der Waals surface area contributed by atoms with Gasteiger partial charge in [0.2, 0.25) is 0 Å². The van der Waals surface area contributed by atoms with E-state index < -0.39 is 0 Å². The van der Waals surface area contributed by atoms with Crippen LogP contribution in [-0.4, -0.2) is 13.6 Å². The zero-order valence-electron chi connectivity index (χ0n) is 12.0. The second kappa shape index (κ2) is 6.81. The van der Waals surface area contributed by atoms with Gasteiger partial charge in [-0.05, 0) is 44.9 Å². The Hall–Kier alpha value is -2.00. The van der Waals surface area contributed by atoms with Gasteiger partial charge in [0.1, 0.15) is 0 Å². The Morgan fingerprint density at radius 1 is 1.21 bits per heavy atom. The Kier molecular flexibility index (Phi) is 5.39. The number of benzene rings is 1. The average Bonchev–Trinajstić information content (AvgIpc) is 2.43. The molecule has 3 heteroatoms. The Morgan fingerprint density at radius 3 is 2.58 bits per heavy atom. The van der Waals surface area contributed by atoms with Crippen LogP contribution in [0.1, 0.15) is 38.7 Å². The van der Waals surface area contributed by atoms with Gasteiger partial charge in [0.05, 0.1) is 23.1 Å². The number of anilines is 1. The maximum atomic E-state index is 8.95. The molecule has 0 unspecified atom stereocenters. The predicted molar refractivity (Wildman–Crippen MR) is 77.7 cm³/mol. The molecular weight excluding hydrogens is 234 g/mol. The summed E-state index contributed by atoms with van der Waals surface area (Å²) in [6, 6.07) is 12.1. The summed E-state index contributed by atoms with van der Waals surface area (Å²) in [4.78, 5) is 2.15. The number of nitriles is 2. The third-order valence-electron chi connectivity index (χ3n) is 3.26. The summed E-state index contributed by atoms with van der Waals surface area (Å²) < 4.78 is 0. The van der Waals surface area contributed by atoms with Crippen LogP contribution in [0.2, 0.25) is 0 Å². The van der Waals surface area contributed by atoms with Gasteiger partial charge in [0, 0.05) is 19.3 Å². The summed E-state index contributed by atoms with van der Waals surface area (Å²) in [7, 11) is 2.03. The highest BCUT2D eigenvalue weighted by molar-refractivity contribution is 5.50. The smallest absolute Gasteiger partial charge is 0.0992 e. The van der Waals surface area contributed by atoms with E-state index >= 15 is 0 Å². The maximum absolute atomic E-state index is 8.95. The highest BCUT2D eigenvalue weighted by atomic mass is 15.1. The van der Waals surface area contributed by atoms with Crippen LogP contribution in [0.3, 0.4) is 0 Å². The zero-order chi connectivity index (χ0) is 14.3. The Bertz CT molecular complexity index is 491. The van der Waals surface area contributed by atoms with Gasteiger partial charge in [-0.25, -0.2) is 0 Å². The Morgan fingerprint density at radius 2 is 1.95 bits per heavy atom. The lowest BCUT2D eigenvalue weighted by atomic mass is 9.89. The lowest BCUT2D eigenvalue weighted by Gasteiger charge is -2.20. The third kappa shape index (κ3) is 5.02. The minimum atomic E-state index is -0.223. The van der Waals surface area contributed by atoms with Crippen LogP contribution in [0.4, 0.5) is 5.69 Å². The molecule has 19 heavy (non-hydrogen) atoms. The molecule has 0 saturated carbocycles. The van der Waals surface area contributed by atoms with Crippen LogP contribution in [0.5, 0.6) is 0 Å². The van der Waals surface area contributed by atoms with Crippen molar-refractivity contribution in [2.45, 2.75) is 33.1 Å². The highest BCUT2D eigenvalue weighted by Gasteiger charge is 2.15. The molecule has 0 spiro atoms. The normalized spacial score (nSPS) is 10.6. The number of hydrogen-bond acceptors (Lipinski definition) is 3. The summed E-state index contributed by atoms with van der Waals surface area (Å²) in [5, 5.41) is 17.8. The van der Waals surface area contributed by atoms with Crippen molar-refractivity contribution in [2.75, 3.05) is 18.5 Å². The van der Waals surface area contributed by atoms with Gasteiger partial charge in [-0.3, -0.25) is 0 Å². The molecule has 1 rings (SSSR count). The maximum Gasteiger partial charge on any atom is 0.0992 e. The van der Waals surface area contributed by atoms with Crippen LogP contribution in [-0.2, 0) is 0 Å². The molecule has 1 aromatic rings. The van der Waals surface area contributed by atoms with E-state index in [-0.39, 0.29) is 5.41 Å². The van der Waals surface area contributed by atoms with Crippen molar-refractivity contribution in [1.29, 1.82) is 10.5 Å². The first-order valence-electron chi connectivity index (χ1n) is 6.61. The Balaban J connectivity index is 2.42. The molecule has 0 atom stereocenters. The van der Waals surface area contributed by atoms with Crippen molar-refractivity contribution < 1.29 is 0 Å². The van der Waals surface area contributed by atoms with Crippen LogP contribution in [0.15, 0.2) is 24.3 Å². The lowest BCUT2D eigenvalue weighted by Crippen LogP contribution is -2.19. The Labute approximate surface area is 116 Å². The molecule has 0 N–H and O–H groups in total. The van der Waals surface area contributed by atoms with Gasteiger partial charge in [-0.1, -0.05) is 12.5 Å². The lowest BCUT2D eigenvalue weighted by molar-refractivity contribution is 0.427. The molecule has 0 saturated heterocycles. The largest absolute Gasteiger partial charge is 0.375 e. The zero-order valence-corrected chi connectivity index (χ0v) is 12.0. The number of hydrogen-bond donors (Lipinski definition) is 0. The first kappa shape index (κ1) is 15.1. The van der Waals surface area contributed by atoms with Crippen molar-refractivity contribution in [3.05, 3.63) is 29.8 Å². The molecule has 0 radical (unpaired) electrons. The summed E-state index contributed by atoms with van der Waals surface area (Å²) in [6.45, 7) is 4.90. The van der Waals surface area contributed by atoms with Gasteiger partial charge in [-0.2, -0.15) is 10.5 Å². The summed E-state index contributed by atoms with van der Waals surface area (Å²) in [5.41, 5.74) is 1.54. The summed E-state index contributed by atoms with van der Waals surface area (Å²) in [5.74, 6) is 0. The van der Waals surface area contributed by atoms with Crippen LogP contribution in [0.25, 0.3) is 0 Å². The number of unbranched alkanes of at least 4 members (excludes halogenated alkanes) is 1. The molecule has 3 nitrogen and oxygen atoms in total. The van der Waals surface area contributed by atoms with Crippen molar-refractivity contribution in [1.82, 2.24) is 0 Å². The second-order valence-electron chi connectivity index (χ2n) is 5.54. The fraction of sp³-hybridized carbons (Fsp3) is 0.500. The van der Waals surface area contributed by atoms with Crippen LogP contribution >= 0.6 is 0 Å². The minimum Gasteiger partial charge on any atom is -0.375 e. The highest BCUT2D eigenvalue weighted by Crippen LogP contribution is 2.22. The van der Waals surface area contributed by atoms with Gasteiger partial charge >= 0.3 is 0 Å². The molecule has 0 bridgehead atoms. The fourth-order valence-electron chi connectivity index (χ4n) is 1.91. The SMILES string of the molecule is CN(CCCCC(C)(C)C#N)c1cccc(C#N)c1. The van der Waals surface area contributed by atoms with E-state index in [0.29, 0.717) is 5.56 Å². The van der Waals surface area contributed by atoms with Gasteiger partial charge in [-0.15, -0.1) is 0 Å². The molecule has 0 amide bonds. The van der Waals surface area contributed by atoms with Gasteiger partial charge in [0.25, 0.3) is 0 Å². The first-order chi connectivity index (χ1) is 8.98. The fourth-order valence-corrected chi connectivity index (χ4v) is 1.91. The first-order valence-corrected chi connectivity index (χ1v) is 6.61. The molecule has 0 aromatic heterocycles. The van der Waals surface area contributed by atoms with E-state index in [4.69, 9.17) is 10.5 Å². The molecule has 0 aliphatic rings. The van der Waals surface area contributed by atoms with Crippen molar-refractivity contribution in [3.63, 3.8) is 0 Å². The monoisotopic (exact) mass is 255 g/mol. The van der Waals surface area contributed by atoms with E-state index in [1.165, 1.54) is 0 Å².